The Labute approximate surface area is 142 Å². The summed E-state index contributed by atoms with van der Waals surface area (Å²) in [7, 11) is 0. The van der Waals surface area contributed by atoms with Crippen LogP contribution in [0.3, 0.4) is 0 Å². The van der Waals surface area contributed by atoms with Crippen molar-refractivity contribution in [3.63, 3.8) is 0 Å². The first-order chi connectivity index (χ1) is 11.7. The van der Waals surface area contributed by atoms with Gasteiger partial charge in [-0.2, -0.15) is 0 Å². The number of hydrogen-bond acceptors (Lipinski definition) is 5. The van der Waals surface area contributed by atoms with Gasteiger partial charge in [0, 0.05) is 35.9 Å². The second kappa shape index (κ2) is 6.33. The van der Waals surface area contributed by atoms with Crippen molar-refractivity contribution in [2.45, 2.75) is 18.9 Å². The van der Waals surface area contributed by atoms with E-state index in [-0.39, 0.29) is 11.9 Å². The highest BCUT2D eigenvalue weighted by atomic mass is 35.5. The molecule has 1 atom stereocenters. The lowest BCUT2D eigenvalue weighted by molar-refractivity contribution is 0.476. The number of H-pyrrole nitrogens is 1. The first kappa shape index (κ1) is 15.3. The fourth-order valence-electron chi connectivity index (χ4n) is 2.93. The number of aromatic amines is 1. The molecule has 0 amide bonds. The maximum absolute atomic E-state index is 14.1. The van der Waals surface area contributed by atoms with Crippen molar-refractivity contribution in [3.8, 4) is 11.4 Å². The van der Waals surface area contributed by atoms with E-state index >= 15 is 0 Å². The van der Waals surface area contributed by atoms with Crippen LogP contribution in [0.5, 0.6) is 0 Å². The van der Waals surface area contributed by atoms with Gasteiger partial charge in [0.2, 0.25) is 0 Å². The molecule has 3 N–H and O–H groups in total. The smallest absolute Gasteiger partial charge is 0.183 e. The predicted octanol–water partition coefficient (Wildman–Crippen LogP) is 2.98. The van der Waals surface area contributed by atoms with Crippen molar-refractivity contribution in [2.75, 3.05) is 18.4 Å². The number of nitrogens with one attached hydrogen (secondary N) is 3. The molecule has 8 heteroatoms. The van der Waals surface area contributed by atoms with Gasteiger partial charge in [0.05, 0.1) is 11.2 Å². The molecule has 0 bridgehead atoms. The number of rotatable bonds is 3. The minimum absolute atomic E-state index is 0.162. The van der Waals surface area contributed by atoms with Crippen LogP contribution in [-0.4, -0.2) is 39.1 Å². The number of aromatic nitrogens is 4. The Morgan fingerprint density at radius 1 is 1.29 bits per heavy atom. The summed E-state index contributed by atoms with van der Waals surface area (Å²) in [5.41, 5.74) is 1.43. The van der Waals surface area contributed by atoms with Crippen molar-refractivity contribution in [2.24, 2.45) is 0 Å². The Hall–Kier alpha value is -2.25. The Morgan fingerprint density at radius 2 is 2.21 bits per heavy atom. The average molecular weight is 347 g/mol. The zero-order valence-electron chi connectivity index (χ0n) is 12.8. The van der Waals surface area contributed by atoms with E-state index in [9.17, 15) is 4.39 Å². The zero-order chi connectivity index (χ0) is 16.5. The number of halogens is 2. The summed E-state index contributed by atoms with van der Waals surface area (Å²) in [6.45, 7) is 1.80. The number of anilines is 1. The van der Waals surface area contributed by atoms with E-state index in [0.717, 1.165) is 36.9 Å². The van der Waals surface area contributed by atoms with E-state index in [1.54, 1.807) is 18.5 Å². The van der Waals surface area contributed by atoms with Crippen molar-refractivity contribution < 1.29 is 4.39 Å². The molecule has 6 nitrogen and oxygen atoms in total. The molecule has 0 radical (unpaired) electrons. The highest BCUT2D eigenvalue weighted by Crippen LogP contribution is 2.28. The molecular formula is C16H16ClFN6. The summed E-state index contributed by atoms with van der Waals surface area (Å²) in [6, 6.07) is 1.95. The van der Waals surface area contributed by atoms with Gasteiger partial charge in [-0.3, -0.25) is 0 Å². The van der Waals surface area contributed by atoms with Crippen LogP contribution in [0.15, 0.2) is 24.7 Å². The molecule has 1 aliphatic rings. The topological polar surface area (TPSA) is 78.5 Å². The quantitative estimate of drug-likeness (QED) is 0.679. The van der Waals surface area contributed by atoms with E-state index in [4.69, 9.17) is 11.6 Å². The normalized spacial score (nSPS) is 18.0. The molecule has 1 unspecified atom stereocenters. The molecule has 3 aromatic rings. The fraction of sp³-hybridized carbons (Fsp3) is 0.312. The molecule has 1 aliphatic heterocycles. The lowest BCUT2D eigenvalue weighted by Crippen LogP contribution is -2.38. The van der Waals surface area contributed by atoms with Gasteiger partial charge in [-0.15, -0.1) is 0 Å². The van der Waals surface area contributed by atoms with Gasteiger partial charge in [0.15, 0.2) is 17.5 Å². The van der Waals surface area contributed by atoms with Gasteiger partial charge in [0.25, 0.3) is 0 Å². The van der Waals surface area contributed by atoms with Crippen LogP contribution >= 0.6 is 11.6 Å². The molecular weight excluding hydrogens is 331 g/mol. The maximum atomic E-state index is 14.1. The van der Waals surface area contributed by atoms with Crippen molar-refractivity contribution in [3.05, 3.63) is 35.5 Å². The van der Waals surface area contributed by atoms with Gasteiger partial charge in [-0.1, -0.05) is 11.6 Å². The van der Waals surface area contributed by atoms with E-state index < -0.39 is 5.82 Å². The van der Waals surface area contributed by atoms with E-state index in [1.807, 2.05) is 0 Å². The molecule has 1 saturated heterocycles. The van der Waals surface area contributed by atoms with Crippen LogP contribution in [0.25, 0.3) is 22.4 Å². The second-order valence-electron chi connectivity index (χ2n) is 5.83. The van der Waals surface area contributed by atoms with Crippen molar-refractivity contribution >= 4 is 28.5 Å². The molecule has 24 heavy (non-hydrogen) atoms. The zero-order valence-corrected chi connectivity index (χ0v) is 13.6. The maximum Gasteiger partial charge on any atom is 0.183 e. The Balaban J connectivity index is 1.70. The highest BCUT2D eigenvalue weighted by molar-refractivity contribution is 6.31. The Morgan fingerprint density at radius 3 is 3.04 bits per heavy atom. The number of fused-ring (bicyclic) bond motifs is 1. The largest absolute Gasteiger partial charge is 0.364 e. The highest BCUT2D eigenvalue weighted by Gasteiger charge is 2.17. The SMILES string of the molecule is Fc1cnc(-c2c[nH]c3ncc(Cl)cc23)nc1NC1CCCNC1. The summed E-state index contributed by atoms with van der Waals surface area (Å²) < 4.78 is 14.1. The third kappa shape index (κ3) is 2.92. The molecule has 0 saturated carbocycles. The Kier molecular flexibility index (Phi) is 4.03. The fourth-order valence-corrected chi connectivity index (χ4v) is 3.09. The first-order valence-electron chi connectivity index (χ1n) is 7.83. The summed E-state index contributed by atoms with van der Waals surface area (Å²) in [5, 5.41) is 7.79. The molecule has 0 aliphatic carbocycles. The molecule has 4 heterocycles. The molecule has 0 spiro atoms. The molecule has 4 rings (SSSR count). The molecule has 3 aromatic heterocycles. The van der Waals surface area contributed by atoms with Gasteiger partial charge in [-0.25, -0.2) is 19.3 Å². The van der Waals surface area contributed by atoms with Gasteiger partial charge in [0.1, 0.15) is 5.65 Å². The van der Waals surface area contributed by atoms with Crippen molar-refractivity contribution in [1.82, 2.24) is 25.3 Å². The van der Waals surface area contributed by atoms with Crippen LogP contribution in [0, 0.1) is 5.82 Å². The third-order valence-electron chi connectivity index (χ3n) is 4.12. The lowest BCUT2D eigenvalue weighted by Gasteiger charge is -2.24. The minimum atomic E-state index is -0.458. The van der Waals surface area contributed by atoms with E-state index in [0.29, 0.717) is 16.5 Å². The van der Waals surface area contributed by atoms with Crippen LogP contribution in [0.1, 0.15) is 12.8 Å². The van der Waals surface area contributed by atoms with E-state index in [2.05, 4.69) is 30.6 Å². The number of pyridine rings is 1. The van der Waals surface area contributed by atoms with Gasteiger partial charge < -0.3 is 15.6 Å². The second-order valence-corrected chi connectivity index (χ2v) is 6.27. The van der Waals surface area contributed by atoms with Gasteiger partial charge in [-0.05, 0) is 25.5 Å². The molecule has 0 aromatic carbocycles. The van der Waals surface area contributed by atoms with Crippen LogP contribution in [0.2, 0.25) is 5.02 Å². The van der Waals surface area contributed by atoms with Crippen LogP contribution < -0.4 is 10.6 Å². The summed E-state index contributed by atoms with van der Waals surface area (Å²) in [4.78, 5) is 15.8. The predicted molar refractivity (Wildman–Crippen MR) is 91.6 cm³/mol. The lowest BCUT2D eigenvalue weighted by atomic mass is 10.1. The molecule has 124 valence electrons. The summed E-state index contributed by atoms with van der Waals surface area (Å²) in [6.07, 6.45) is 6.56. The number of piperidine rings is 1. The number of nitrogens with zero attached hydrogens (tertiary/aromatic N) is 3. The standard InChI is InChI=1S/C16H16ClFN6/c17-9-4-11-12(7-21-14(11)20-5-9)15-22-8-13(18)16(24-15)23-10-2-1-3-19-6-10/h4-5,7-8,10,19H,1-3,6H2,(H,20,21)(H,22,23,24). The summed E-state index contributed by atoms with van der Waals surface area (Å²) >= 11 is 6.02. The van der Waals surface area contributed by atoms with Crippen molar-refractivity contribution in [1.29, 1.82) is 0 Å². The minimum Gasteiger partial charge on any atom is -0.364 e. The van der Waals surface area contributed by atoms with Crippen LogP contribution in [0.4, 0.5) is 10.2 Å². The first-order valence-corrected chi connectivity index (χ1v) is 8.21. The van der Waals surface area contributed by atoms with E-state index in [1.165, 1.54) is 6.20 Å². The number of hydrogen-bond donors (Lipinski definition) is 3. The Bertz CT molecular complexity index is 874. The van der Waals surface area contributed by atoms with Crippen LogP contribution in [-0.2, 0) is 0 Å². The van der Waals surface area contributed by atoms with Gasteiger partial charge >= 0.3 is 0 Å². The molecule has 1 fully saturated rings. The third-order valence-corrected chi connectivity index (χ3v) is 4.33. The summed E-state index contributed by atoms with van der Waals surface area (Å²) in [5.74, 6) is 0.191. The monoisotopic (exact) mass is 346 g/mol. The average Bonchev–Trinajstić information content (AvgIpc) is 3.01.